The highest BCUT2D eigenvalue weighted by atomic mass is 16.5. The van der Waals surface area contributed by atoms with E-state index in [2.05, 4.69) is 17.2 Å². The molecular formula is C17H20N2O2. The van der Waals surface area contributed by atoms with E-state index in [0.717, 1.165) is 12.1 Å². The second kappa shape index (κ2) is 6.88. The Morgan fingerprint density at radius 1 is 1.19 bits per heavy atom. The molecule has 21 heavy (non-hydrogen) atoms. The van der Waals surface area contributed by atoms with Crippen molar-refractivity contribution in [3.05, 3.63) is 53.7 Å². The van der Waals surface area contributed by atoms with Crippen molar-refractivity contribution in [2.75, 3.05) is 5.32 Å². The van der Waals surface area contributed by atoms with E-state index in [0.29, 0.717) is 11.4 Å². The number of carbonyl (C=O) groups excluding carboxylic acids is 1. The number of rotatable bonds is 5. The molecule has 0 spiro atoms. The summed E-state index contributed by atoms with van der Waals surface area (Å²) in [7, 11) is 0. The van der Waals surface area contributed by atoms with Crippen LogP contribution in [-0.2, 0) is 6.42 Å². The Morgan fingerprint density at radius 2 is 1.90 bits per heavy atom. The van der Waals surface area contributed by atoms with Gasteiger partial charge in [-0.15, -0.1) is 0 Å². The van der Waals surface area contributed by atoms with E-state index in [9.17, 15) is 4.79 Å². The van der Waals surface area contributed by atoms with Gasteiger partial charge < -0.3 is 10.1 Å². The summed E-state index contributed by atoms with van der Waals surface area (Å²) in [6.45, 7) is 5.96. The van der Waals surface area contributed by atoms with Crippen LogP contribution in [0.25, 0.3) is 0 Å². The van der Waals surface area contributed by atoms with E-state index < -0.39 is 0 Å². The highest BCUT2D eigenvalue weighted by Gasteiger charge is 2.07. The van der Waals surface area contributed by atoms with Gasteiger partial charge in [0, 0.05) is 18.0 Å². The zero-order chi connectivity index (χ0) is 15.2. The van der Waals surface area contributed by atoms with Crippen LogP contribution in [0.1, 0.15) is 36.7 Å². The quantitative estimate of drug-likeness (QED) is 0.911. The molecule has 2 rings (SSSR count). The molecule has 0 saturated heterocycles. The number of anilines is 1. The highest BCUT2D eigenvalue weighted by Crippen LogP contribution is 2.13. The van der Waals surface area contributed by atoms with Crippen molar-refractivity contribution in [1.29, 1.82) is 0 Å². The summed E-state index contributed by atoms with van der Waals surface area (Å²) in [6, 6.07) is 11.2. The van der Waals surface area contributed by atoms with E-state index in [1.54, 1.807) is 12.1 Å². The largest absolute Gasteiger partial charge is 0.475 e. The molecule has 0 atom stereocenters. The van der Waals surface area contributed by atoms with Gasteiger partial charge in [0.1, 0.15) is 0 Å². The number of aromatic nitrogens is 1. The van der Waals surface area contributed by atoms with Crippen LogP contribution in [0.3, 0.4) is 0 Å². The van der Waals surface area contributed by atoms with Crippen LogP contribution in [0.4, 0.5) is 5.69 Å². The maximum absolute atomic E-state index is 12.1. The average Bonchev–Trinajstić information content (AvgIpc) is 2.48. The average molecular weight is 284 g/mol. The molecule has 2 aromatic rings. The second-order valence-corrected chi connectivity index (χ2v) is 5.06. The summed E-state index contributed by atoms with van der Waals surface area (Å²) >= 11 is 0. The Morgan fingerprint density at radius 3 is 2.43 bits per heavy atom. The molecule has 4 heteroatoms. The van der Waals surface area contributed by atoms with Crippen molar-refractivity contribution in [1.82, 2.24) is 4.98 Å². The van der Waals surface area contributed by atoms with Crippen molar-refractivity contribution in [2.24, 2.45) is 0 Å². The van der Waals surface area contributed by atoms with Crippen LogP contribution in [0.5, 0.6) is 5.88 Å². The molecule has 0 saturated carbocycles. The predicted molar refractivity (Wildman–Crippen MR) is 83.8 cm³/mol. The monoisotopic (exact) mass is 284 g/mol. The van der Waals surface area contributed by atoms with Gasteiger partial charge in [-0.05, 0) is 44.0 Å². The van der Waals surface area contributed by atoms with Gasteiger partial charge in [0.25, 0.3) is 5.91 Å². The fraction of sp³-hybridized carbons (Fsp3) is 0.294. The molecule has 0 aliphatic carbocycles. The van der Waals surface area contributed by atoms with E-state index >= 15 is 0 Å². The molecule has 0 fully saturated rings. The molecule has 1 heterocycles. The Bertz CT molecular complexity index is 589. The van der Waals surface area contributed by atoms with Gasteiger partial charge in [0.2, 0.25) is 5.88 Å². The van der Waals surface area contributed by atoms with Crippen molar-refractivity contribution >= 4 is 11.6 Å². The van der Waals surface area contributed by atoms with Crippen LogP contribution >= 0.6 is 0 Å². The van der Waals surface area contributed by atoms with Gasteiger partial charge in [0.05, 0.1) is 11.7 Å². The molecule has 110 valence electrons. The lowest BCUT2D eigenvalue weighted by Gasteiger charge is -2.09. The van der Waals surface area contributed by atoms with Crippen LogP contribution in [0.2, 0.25) is 0 Å². The first kappa shape index (κ1) is 15.0. The lowest BCUT2D eigenvalue weighted by atomic mass is 10.1. The minimum Gasteiger partial charge on any atom is -0.475 e. The molecule has 0 aliphatic heterocycles. The number of hydrogen-bond acceptors (Lipinski definition) is 3. The lowest BCUT2D eigenvalue weighted by molar-refractivity contribution is 0.102. The fourth-order valence-corrected chi connectivity index (χ4v) is 1.85. The van der Waals surface area contributed by atoms with E-state index in [1.165, 1.54) is 11.8 Å². The normalized spacial score (nSPS) is 10.5. The molecule has 0 radical (unpaired) electrons. The Balaban J connectivity index is 2.02. The summed E-state index contributed by atoms with van der Waals surface area (Å²) in [5.74, 6) is 0.344. The Hall–Kier alpha value is -2.36. The maximum Gasteiger partial charge on any atom is 0.257 e. The lowest BCUT2D eigenvalue weighted by Crippen LogP contribution is -2.13. The van der Waals surface area contributed by atoms with Crippen LogP contribution in [0.15, 0.2) is 42.6 Å². The molecule has 0 unspecified atom stereocenters. The summed E-state index contributed by atoms with van der Waals surface area (Å²) in [6.07, 6.45) is 2.57. The smallest absolute Gasteiger partial charge is 0.257 e. The molecule has 1 N–H and O–H groups in total. The number of hydrogen-bond donors (Lipinski definition) is 1. The standard InChI is InChI=1S/C17H20N2O2/c1-4-13-5-8-15(9-6-13)19-17(20)14-7-10-16(18-11-14)21-12(2)3/h5-12H,4H2,1-3H3,(H,19,20). The zero-order valence-corrected chi connectivity index (χ0v) is 12.6. The Labute approximate surface area is 125 Å². The molecule has 1 amide bonds. The van der Waals surface area contributed by atoms with Gasteiger partial charge in [-0.2, -0.15) is 0 Å². The SMILES string of the molecule is CCc1ccc(NC(=O)c2ccc(OC(C)C)nc2)cc1. The minimum absolute atomic E-state index is 0.0641. The number of benzene rings is 1. The van der Waals surface area contributed by atoms with Gasteiger partial charge >= 0.3 is 0 Å². The molecular weight excluding hydrogens is 264 g/mol. The van der Waals surface area contributed by atoms with Crippen LogP contribution < -0.4 is 10.1 Å². The number of carbonyl (C=O) groups is 1. The molecule has 1 aromatic heterocycles. The van der Waals surface area contributed by atoms with Crippen molar-refractivity contribution in [3.63, 3.8) is 0 Å². The third-order valence-electron chi connectivity index (χ3n) is 2.98. The number of nitrogens with zero attached hydrogens (tertiary/aromatic N) is 1. The summed E-state index contributed by atoms with van der Waals surface area (Å²) < 4.78 is 5.45. The number of amides is 1. The van der Waals surface area contributed by atoms with E-state index in [4.69, 9.17) is 4.74 Å². The third kappa shape index (κ3) is 4.31. The second-order valence-electron chi connectivity index (χ2n) is 5.06. The first-order valence-corrected chi connectivity index (χ1v) is 7.11. The van der Waals surface area contributed by atoms with Crippen molar-refractivity contribution < 1.29 is 9.53 Å². The zero-order valence-electron chi connectivity index (χ0n) is 12.6. The summed E-state index contributed by atoms with van der Waals surface area (Å²) in [5.41, 5.74) is 2.52. The number of aryl methyl sites for hydroxylation is 1. The van der Waals surface area contributed by atoms with Gasteiger partial charge in [-0.1, -0.05) is 19.1 Å². The van der Waals surface area contributed by atoms with E-state index in [-0.39, 0.29) is 12.0 Å². The van der Waals surface area contributed by atoms with Crippen molar-refractivity contribution in [2.45, 2.75) is 33.3 Å². The molecule has 4 nitrogen and oxygen atoms in total. The molecule has 0 bridgehead atoms. The predicted octanol–water partition coefficient (Wildman–Crippen LogP) is 3.68. The fourth-order valence-electron chi connectivity index (χ4n) is 1.85. The van der Waals surface area contributed by atoms with Gasteiger partial charge in [0.15, 0.2) is 0 Å². The first-order valence-electron chi connectivity index (χ1n) is 7.11. The van der Waals surface area contributed by atoms with Crippen LogP contribution in [-0.4, -0.2) is 17.0 Å². The summed E-state index contributed by atoms with van der Waals surface area (Å²) in [5, 5.41) is 2.85. The highest BCUT2D eigenvalue weighted by molar-refractivity contribution is 6.04. The summed E-state index contributed by atoms with van der Waals surface area (Å²) in [4.78, 5) is 16.2. The third-order valence-corrected chi connectivity index (χ3v) is 2.98. The molecule has 1 aromatic carbocycles. The molecule has 0 aliphatic rings. The Kier molecular flexibility index (Phi) is 4.93. The van der Waals surface area contributed by atoms with Gasteiger partial charge in [-0.25, -0.2) is 4.98 Å². The maximum atomic E-state index is 12.1. The first-order chi connectivity index (χ1) is 10.1. The van der Waals surface area contributed by atoms with Gasteiger partial charge in [-0.3, -0.25) is 4.79 Å². The number of pyridine rings is 1. The van der Waals surface area contributed by atoms with Crippen molar-refractivity contribution in [3.8, 4) is 5.88 Å². The topological polar surface area (TPSA) is 51.2 Å². The number of nitrogens with one attached hydrogen (secondary N) is 1. The van der Waals surface area contributed by atoms with E-state index in [1.807, 2.05) is 38.1 Å². The van der Waals surface area contributed by atoms with Crippen LogP contribution in [0, 0.1) is 0 Å². The minimum atomic E-state index is -0.178. The number of ether oxygens (including phenoxy) is 1.